The van der Waals surface area contributed by atoms with Crippen LogP contribution in [0, 0.1) is 0 Å². The van der Waals surface area contributed by atoms with Gasteiger partial charge in [-0.3, -0.25) is 0 Å². The van der Waals surface area contributed by atoms with Gasteiger partial charge in [0.1, 0.15) is 0 Å². The molecule has 0 heterocycles. The van der Waals surface area contributed by atoms with Crippen molar-refractivity contribution in [1.82, 2.24) is 5.32 Å². The smallest absolute Gasteiger partial charge is 0.418 e. The Labute approximate surface area is 121 Å². The number of aliphatic carboxylic acids is 1. The Hall–Kier alpha value is -2.00. The van der Waals surface area contributed by atoms with E-state index in [1.165, 1.54) is 0 Å². The molecule has 1 aromatic carbocycles. The summed E-state index contributed by atoms with van der Waals surface area (Å²) in [4.78, 5) is 22.0. The van der Waals surface area contributed by atoms with Crippen molar-refractivity contribution in [3.8, 4) is 0 Å². The third-order valence-corrected chi connectivity index (χ3v) is 2.56. The molecule has 1 atom stereocenters. The molecule has 0 aliphatic rings. The second-order valence-corrected chi connectivity index (χ2v) is 4.30. The van der Waals surface area contributed by atoms with Crippen LogP contribution < -0.4 is 10.6 Å². The number of urea groups is 1. The van der Waals surface area contributed by atoms with Gasteiger partial charge < -0.3 is 20.8 Å². The number of carbonyl (C=O) groups is 2. The number of rotatable bonds is 4. The molecular formula is C11H10ClF3N2O4. The molecule has 0 fully saturated rings. The number of benzene rings is 1. The lowest BCUT2D eigenvalue weighted by Gasteiger charge is -2.16. The van der Waals surface area contributed by atoms with Crippen LogP contribution in [0.4, 0.5) is 23.7 Å². The number of hydrogen-bond donors (Lipinski definition) is 4. The average molecular weight is 327 g/mol. The number of aliphatic hydroxyl groups excluding tert-OH is 1. The molecule has 0 saturated carbocycles. The van der Waals surface area contributed by atoms with E-state index in [1.54, 1.807) is 0 Å². The van der Waals surface area contributed by atoms with E-state index in [2.05, 4.69) is 0 Å². The lowest BCUT2D eigenvalue weighted by atomic mass is 10.1. The quantitative estimate of drug-likeness (QED) is 0.679. The Balaban J connectivity index is 2.93. The third kappa shape index (κ3) is 4.80. The Morgan fingerprint density at radius 2 is 1.95 bits per heavy atom. The van der Waals surface area contributed by atoms with Crippen LogP contribution in [0.1, 0.15) is 5.56 Å². The van der Waals surface area contributed by atoms with Gasteiger partial charge in [0, 0.05) is 5.02 Å². The molecule has 1 aromatic rings. The van der Waals surface area contributed by atoms with Gasteiger partial charge in [-0.15, -0.1) is 0 Å². The molecule has 21 heavy (non-hydrogen) atoms. The Bertz CT molecular complexity index is 551. The van der Waals surface area contributed by atoms with Gasteiger partial charge in [-0.1, -0.05) is 11.6 Å². The average Bonchev–Trinajstić information content (AvgIpc) is 2.36. The van der Waals surface area contributed by atoms with E-state index in [1.807, 2.05) is 10.6 Å². The molecule has 116 valence electrons. The largest absolute Gasteiger partial charge is 0.480 e. The highest BCUT2D eigenvalue weighted by Gasteiger charge is 2.34. The minimum atomic E-state index is -4.75. The summed E-state index contributed by atoms with van der Waals surface area (Å²) in [6.45, 7) is -0.907. The highest BCUT2D eigenvalue weighted by molar-refractivity contribution is 6.30. The first kappa shape index (κ1) is 17.1. The van der Waals surface area contributed by atoms with Gasteiger partial charge in [0.2, 0.25) is 0 Å². The fourth-order valence-electron chi connectivity index (χ4n) is 1.36. The summed E-state index contributed by atoms with van der Waals surface area (Å²) in [5, 5.41) is 20.8. The molecule has 0 unspecified atom stereocenters. The van der Waals surface area contributed by atoms with Crippen LogP contribution in [0.3, 0.4) is 0 Å². The molecule has 0 aliphatic carbocycles. The molecule has 1 rings (SSSR count). The summed E-state index contributed by atoms with van der Waals surface area (Å²) < 4.78 is 38.3. The lowest BCUT2D eigenvalue weighted by Crippen LogP contribution is -2.45. The maximum absolute atomic E-state index is 12.8. The first-order chi connectivity index (χ1) is 9.65. The number of halogens is 4. The molecule has 0 saturated heterocycles. The maximum atomic E-state index is 12.8. The first-order valence-corrected chi connectivity index (χ1v) is 5.81. The zero-order valence-corrected chi connectivity index (χ0v) is 11.0. The number of carboxylic acid groups (broad SMARTS) is 1. The molecule has 10 heteroatoms. The molecular weight excluding hydrogens is 317 g/mol. The summed E-state index contributed by atoms with van der Waals surface area (Å²) in [5.74, 6) is -1.53. The Morgan fingerprint density at radius 1 is 1.33 bits per heavy atom. The van der Waals surface area contributed by atoms with Crippen LogP contribution in [0.5, 0.6) is 0 Å². The number of aliphatic hydroxyl groups is 1. The van der Waals surface area contributed by atoms with E-state index in [0.717, 1.165) is 12.1 Å². The predicted octanol–water partition coefficient (Wildman–Crippen LogP) is 1.93. The molecule has 0 bridgehead atoms. The van der Waals surface area contributed by atoms with Crippen molar-refractivity contribution in [2.45, 2.75) is 12.2 Å². The van der Waals surface area contributed by atoms with E-state index in [0.29, 0.717) is 6.07 Å². The van der Waals surface area contributed by atoms with Crippen LogP contribution in [0.2, 0.25) is 5.02 Å². The Kier molecular flexibility index (Phi) is 5.39. The number of carbonyl (C=O) groups excluding carboxylic acids is 1. The van der Waals surface area contributed by atoms with E-state index in [-0.39, 0.29) is 5.02 Å². The van der Waals surface area contributed by atoms with Crippen LogP contribution in [-0.4, -0.2) is 34.9 Å². The molecule has 0 aromatic heterocycles. The SMILES string of the molecule is O=C(Nc1ccc(Cl)cc1C(F)(F)F)N[C@H](CO)C(=O)O. The van der Waals surface area contributed by atoms with E-state index in [4.69, 9.17) is 21.8 Å². The number of alkyl halides is 3. The summed E-state index contributed by atoms with van der Waals surface area (Å²) in [6, 6.07) is -0.152. The summed E-state index contributed by atoms with van der Waals surface area (Å²) in [5.41, 5.74) is -1.77. The molecule has 6 nitrogen and oxygen atoms in total. The van der Waals surface area contributed by atoms with E-state index < -0.39 is 42.1 Å². The predicted molar refractivity (Wildman–Crippen MR) is 67.1 cm³/mol. The van der Waals surface area contributed by atoms with Gasteiger partial charge in [-0.05, 0) is 18.2 Å². The van der Waals surface area contributed by atoms with Gasteiger partial charge in [0.05, 0.1) is 17.9 Å². The van der Waals surface area contributed by atoms with Crippen molar-refractivity contribution in [3.05, 3.63) is 28.8 Å². The number of hydrogen-bond acceptors (Lipinski definition) is 3. The van der Waals surface area contributed by atoms with Crippen LogP contribution in [-0.2, 0) is 11.0 Å². The molecule has 0 spiro atoms. The third-order valence-electron chi connectivity index (χ3n) is 2.32. The van der Waals surface area contributed by atoms with Crippen molar-refractivity contribution in [3.63, 3.8) is 0 Å². The van der Waals surface area contributed by atoms with Crippen molar-refractivity contribution < 1.29 is 33.0 Å². The summed E-state index contributed by atoms with van der Waals surface area (Å²) >= 11 is 5.47. The molecule has 2 amide bonds. The minimum Gasteiger partial charge on any atom is -0.480 e. The highest BCUT2D eigenvalue weighted by Crippen LogP contribution is 2.36. The Morgan fingerprint density at radius 3 is 2.43 bits per heavy atom. The fourth-order valence-corrected chi connectivity index (χ4v) is 1.53. The first-order valence-electron chi connectivity index (χ1n) is 5.43. The fraction of sp³-hybridized carbons (Fsp3) is 0.273. The van der Waals surface area contributed by atoms with Crippen molar-refractivity contribution in [2.75, 3.05) is 11.9 Å². The normalized spacial score (nSPS) is 12.6. The standard InChI is InChI=1S/C11H10ClF3N2O4/c12-5-1-2-7(6(3-5)11(13,14)15)16-10(21)17-8(4-18)9(19)20/h1-3,8,18H,4H2,(H,19,20)(H2,16,17,21)/t8-/m1/s1. The maximum Gasteiger partial charge on any atom is 0.418 e. The van der Waals surface area contributed by atoms with Gasteiger partial charge in [0.25, 0.3) is 0 Å². The molecule has 0 radical (unpaired) electrons. The van der Waals surface area contributed by atoms with Crippen LogP contribution >= 0.6 is 11.6 Å². The monoisotopic (exact) mass is 326 g/mol. The number of amides is 2. The number of anilines is 1. The van der Waals surface area contributed by atoms with Gasteiger partial charge in [0.15, 0.2) is 6.04 Å². The highest BCUT2D eigenvalue weighted by atomic mass is 35.5. The van der Waals surface area contributed by atoms with Crippen molar-refractivity contribution in [1.29, 1.82) is 0 Å². The van der Waals surface area contributed by atoms with Gasteiger partial charge in [-0.25, -0.2) is 9.59 Å². The number of nitrogens with one attached hydrogen (secondary N) is 2. The minimum absolute atomic E-state index is 0.174. The van der Waals surface area contributed by atoms with Gasteiger partial charge in [-0.2, -0.15) is 13.2 Å². The zero-order valence-electron chi connectivity index (χ0n) is 10.2. The van der Waals surface area contributed by atoms with Crippen molar-refractivity contribution in [2.24, 2.45) is 0 Å². The summed E-state index contributed by atoms with van der Waals surface area (Å²) in [6.07, 6.45) is -4.75. The zero-order chi connectivity index (χ0) is 16.2. The number of carboxylic acids is 1. The second kappa shape index (κ2) is 6.64. The summed E-state index contributed by atoms with van der Waals surface area (Å²) in [7, 11) is 0. The molecule has 4 N–H and O–H groups in total. The van der Waals surface area contributed by atoms with E-state index >= 15 is 0 Å². The topological polar surface area (TPSA) is 98.7 Å². The molecule has 0 aliphatic heterocycles. The lowest BCUT2D eigenvalue weighted by molar-refractivity contribution is -0.140. The van der Waals surface area contributed by atoms with Crippen molar-refractivity contribution >= 4 is 29.3 Å². The second-order valence-electron chi connectivity index (χ2n) is 3.86. The van der Waals surface area contributed by atoms with Gasteiger partial charge >= 0.3 is 18.2 Å². The van der Waals surface area contributed by atoms with E-state index in [9.17, 15) is 22.8 Å². The van der Waals surface area contributed by atoms with Crippen LogP contribution in [0.25, 0.3) is 0 Å². The van der Waals surface area contributed by atoms with Crippen LogP contribution in [0.15, 0.2) is 18.2 Å².